The number of nitrogens with zero attached hydrogens (tertiary/aromatic N) is 1. The molecule has 2 rings (SSSR count). The number of carbonyl (C=O) groups excluding carboxylic acids is 1. The normalized spacial score (nSPS) is 10.2. The molecule has 5 heteroatoms. The molecule has 1 aromatic heterocycles. The van der Waals surface area contributed by atoms with Gasteiger partial charge in [-0.1, -0.05) is 6.07 Å². The predicted molar refractivity (Wildman–Crippen MR) is 77.5 cm³/mol. The Morgan fingerprint density at radius 3 is 2.85 bits per heavy atom. The van der Waals surface area contributed by atoms with Crippen LogP contribution in [0.25, 0.3) is 0 Å². The molecule has 0 atom stereocenters. The van der Waals surface area contributed by atoms with Crippen LogP contribution in [-0.2, 0) is 0 Å². The van der Waals surface area contributed by atoms with Crippen LogP contribution in [0.15, 0.2) is 36.7 Å². The lowest BCUT2D eigenvalue weighted by atomic mass is 10.2. The van der Waals surface area contributed by atoms with Crippen molar-refractivity contribution in [3.8, 4) is 0 Å². The highest BCUT2D eigenvalue weighted by atomic mass is 19.1. The first-order chi connectivity index (χ1) is 9.61. The van der Waals surface area contributed by atoms with Gasteiger partial charge in [0.25, 0.3) is 5.91 Å². The summed E-state index contributed by atoms with van der Waals surface area (Å²) in [6.45, 7) is 4.29. The van der Waals surface area contributed by atoms with Crippen LogP contribution in [0.3, 0.4) is 0 Å². The van der Waals surface area contributed by atoms with E-state index in [1.807, 2.05) is 6.92 Å². The smallest absolute Gasteiger partial charge is 0.257 e. The summed E-state index contributed by atoms with van der Waals surface area (Å²) in [6.07, 6.45) is 3.14. The Kier molecular flexibility index (Phi) is 4.30. The topological polar surface area (TPSA) is 54.0 Å². The molecule has 0 saturated heterocycles. The summed E-state index contributed by atoms with van der Waals surface area (Å²) >= 11 is 0. The van der Waals surface area contributed by atoms with Crippen LogP contribution >= 0.6 is 0 Å². The van der Waals surface area contributed by atoms with Gasteiger partial charge in [0, 0.05) is 18.4 Å². The number of pyridine rings is 1. The number of carbonyl (C=O) groups is 1. The van der Waals surface area contributed by atoms with Gasteiger partial charge in [-0.15, -0.1) is 0 Å². The molecular weight excluding hydrogens is 257 g/mol. The minimum atomic E-state index is -0.343. The van der Waals surface area contributed by atoms with Crippen LogP contribution in [0.2, 0.25) is 0 Å². The van der Waals surface area contributed by atoms with Gasteiger partial charge >= 0.3 is 0 Å². The molecule has 2 N–H and O–H groups in total. The van der Waals surface area contributed by atoms with Gasteiger partial charge in [-0.05, 0) is 37.6 Å². The Morgan fingerprint density at radius 2 is 2.15 bits per heavy atom. The van der Waals surface area contributed by atoms with Crippen molar-refractivity contribution in [3.63, 3.8) is 0 Å². The van der Waals surface area contributed by atoms with E-state index in [1.165, 1.54) is 6.07 Å². The molecule has 1 aromatic carbocycles. The van der Waals surface area contributed by atoms with E-state index in [4.69, 9.17) is 0 Å². The SMILES string of the molecule is CCNc1cnccc1C(=O)Nc1ccc(C)c(F)c1. The van der Waals surface area contributed by atoms with Crippen molar-refractivity contribution in [1.29, 1.82) is 0 Å². The Balaban J connectivity index is 2.21. The molecule has 0 fully saturated rings. The maximum absolute atomic E-state index is 13.5. The second-order valence-electron chi connectivity index (χ2n) is 4.37. The third-order valence-electron chi connectivity index (χ3n) is 2.86. The molecule has 0 aliphatic carbocycles. The van der Waals surface area contributed by atoms with Gasteiger partial charge in [-0.3, -0.25) is 9.78 Å². The third-order valence-corrected chi connectivity index (χ3v) is 2.86. The van der Waals surface area contributed by atoms with Gasteiger partial charge in [0.1, 0.15) is 5.82 Å². The highest BCUT2D eigenvalue weighted by Gasteiger charge is 2.11. The summed E-state index contributed by atoms with van der Waals surface area (Å²) < 4.78 is 13.5. The third kappa shape index (κ3) is 3.12. The molecule has 4 nitrogen and oxygen atoms in total. The number of benzene rings is 1. The lowest BCUT2D eigenvalue weighted by Crippen LogP contribution is -2.15. The highest BCUT2D eigenvalue weighted by molar-refractivity contribution is 6.07. The molecule has 0 aliphatic heterocycles. The summed E-state index contributed by atoms with van der Waals surface area (Å²) in [5, 5.41) is 5.74. The van der Waals surface area contributed by atoms with E-state index in [1.54, 1.807) is 37.5 Å². The number of hydrogen-bond donors (Lipinski definition) is 2. The molecule has 0 unspecified atom stereocenters. The maximum Gasteiger partial charge on any atom is 0.257 e. The Hall–Kier alpha value is -2.43. The van der Waals surface area contributed by atoms with E-state index in [0.717, 1.165) is 0 Å². The van der Waals surface area contributed by atoms with E-state index in [0.29, 0.717) is 29.0 Å². The second-order valence-corrected chi connectivity index (χ2v) is 4.37. The van der Waals surface area contributed by atoms with E-state index in [-0.39, 0.29) is 11.7 Å². The first-order valence-electron chi connectivity index (χ1n) is 6.37. The highest BCUT2D eigenvalue weighted by Crippen LogP contribution is 2.18. The van der Waals surface area contributed by atoms with Gasteiger partial charge in [-0.2, -0.15) is 0 Å². The minimum Gasteiger partial charge on any atom is -0.383 e. The number of anilines is 2. The summed E-state index contributed by atoms with van der Waals surface area (Å²) in [7, 11) is 0. The molecule has 0 aliphatic rings. The molecule has 0 saturated carbocycles. The summed E-state index contributed by atoms with van der Waals surface area (Å²) in [6, 6.07) is 6.23. The standard InChI is InChI=1S/C15H16FN3O/c1-3-18-14-9-17-7-6-12(14)15(20)19-11-5-4-10(2)13(16)8-11/h4-9,18H,3H2,1-2H3,(H,19,20). The van der Waals surface area contributed by atoms with Gasteiger partial charge in [0.2, 0.25) is 0 Å². The molecule has 1 amide bonds. The van der Waals surface area contributed by atoms with Crippen LogP contribution in [0.4, 0.5) is 15.8 Å². The van der Waals surface area contributed by atoms with Gasteiger partial charge in [0.05, 0.1) is 17.4 Å². The van der Waals surface area contributed by atoms with Crippen molar-refractivity contribution in [3.05, 3.63) is 53.6 Å². The van der Waals surface area contributed by atoms with Crippen LogP contribution in [0.5, 0.6) is 0 Å². The quantitative estimate of drug-likeness (QED) is 0.899. The fourth-order valence-corrected chi connectivity index (χ4v) is 1.79. The summed E-state index contributed by atoms with van der Waals surface area (Å²) in [5.41, 5.74) is 2.10. The average molecular weight is 273 g/mol. The zero-order valence-electron chi connectivity index (χ0n) is 11.4. The van der Waals surface area contributed by atoms with Crippen molar-refractivity contribution < 1.29 is 9.18 Å². The Labute approximate surface area is 117 Å². The van der Waals surface area contributed by atoms with Gasteiger partial charge in [0.15, 0.2) is 0 Å². The minimum absolute atomic E-state index is 0.299. The van der Waals surface area contributed by atoms with Gasteiger partial charge in [-0.25, -0.2) is 4.39 Å². The number of aryl methyl sites for hydroxylation is 1. The van der Waals surface area contributed by atoms with Crippen molar-refractivity contribution in [2.45, 2.75) is 13.8 Å². The molecule has 0 radical (unpaired) electrons. The first-order valence-corrected chi connectivity index (χ1v) is 6.37. The lowest BCUT2D eigenvalue weighted by Gasteiger charge is -2.10. The average Bonchev–Trinajstić information content (AvgIpc) is 2.44. The molecule has 20 heavy (non-hydrogen) atoms. The van der Waals surface area contributed by atoms with E-state index >= 15 is 0 Å². The van der Waals surface area contributed by atoms with Crippen molar-refractivity contribution >= 4 is 17.3 Å². The van der Waals surface area contributed by atoms with Crippen LogP contribution < -0.4 is 10.6 Å². The van der Waals surface area contributed by atoms with E-state index in [2.05, 4.69) is 15.6 Å². The number of amides is 1. The zero-order chi connectivity index (χ0) is 14.5. The fourth-order valence-electron chi connectivity index (χ4n) is 1.79. The molecular formula is C15H16FN3O. The number of rotatable bonds is 4. The molecule has 1 heterocycles. The number of halogens is 1. The summed E-state index contributed by atoms with van der Waals surface area (Å²) in [4.78, 5) is 16.2. The lowest BCUT2D eigenvalue weighted by molar-refractivity contribution is 0.102. The monoisotopic (exact) mass is 273 g/mol. The zero-order valence-corrected chi connectivity index (χ0v) is 11.4. The van der Waals surface area contributed by atoms with Crippen molar-refractivity contribution in [1.82, 2.24) is 4.98 Å². The molecule has 0 bridgehead atoms. The molecule has 104 valence electrons. The maximum atomic E-state index is 13.5. The molecule has 2 aromatic rings. The van der Waals surface area contributed by atoms with Crippen LogP contribution in [-0.4, -0.2) is 17.4 Å². The largest absolute Gasteiger partial charge is 0.383 e. The number of aromatic nitrogens is 1. The van der Waals surface area contributed by atoms with Crippen molar-refractivity contribution in [2.24, 2.45) is 0 Å². The number of hydrogen-bond acceptors (Lipinski definition) is 3. The van der Waals surface area contributed by atoms with E-state index in [9.17, 15) is 9.18 Å². The van der Waals surface area contributed by atoms with E-state index < -0.39 is 0 Å². The summed E-state index contributed by atoms with van der Waals surface area (Å²) in [5.74, 6) is -0.643. The first kappa shape index (κ1) is 14.0. The van der Waals surface area contributed by atoms with Crippen molar-refractivity contribution in [2.75, 3.05) is 17.2 Å². The Morgan fingerprint density at radius 1 is 1.35 bits per heavy atom. The molecule has 0 spiro atoms. The van der Waals surface area contributed by atoms with Crippen LogP contribution in [0.1, 0.15) is 22.8 Å². The second kappa shape index (κ2) is 6.14. The van der Waals surface area contributed by atoms with Crippen LogP contribution in [0, 0.1) is 12.7 Å². The fraction of sp³-hybridized carbons (Fsp3) is 0.200. The predicted octanol–water partition coefficient (Wildman–Crippen LogP) is 3.21. The number of nitrogens with one attached hydrogen (secondary N) is 2. The Bertz CT molecular complexity index is 628. The van der Waals surface area contributed by atoms with Gasteiger partial charge < -0.3 is 10.6 Å².